The maximum atomic E-state index is 8.36. The van der Waals surface area contributed by atoms with Crippen LogP contribution in [0, 0.1) is 0 Å². The summed E-state index contributed by atoms with van der Waals surface area (Å²) in [7, 11) is 4.14. The number of aromatic nitrogens is 2. The highest BCUT2D eigenvalue weighted by Gasteiger charge is 2.03. The van der Waals surface area contributed by atoms with Crippen LogP contribution < -0.4 is 4.90 Å². The number of hydrogen-bond donors (Lipinski definition) is 2. The van der Waals surface area contributed by atoms with Crippen molar-refractivity contribution < 1.29 is 9.90 Å². The van der Waals surface area contributed by atoms with E-state index in [2.05, 4.69) is 60.2 Å². The molecule has 2 N–H and O–H groups in total. The molecular weight excluding hydrogens is 278 g/mol. The van der Waals surface area contributed by atoms with Crippen molar-refractivity contribution in [3.8, 4) is 0 Å². The van der Waals surface area contributed by atoms with Gasteiger partial charge >= 0.3 is 0 Å². The zero-order valence-corrected chi connectivity index (χ0v) is 13.5. The van der Waals surface area contributed by atoms with E-state index in [1.165, 1.54) is 29.8 Å². The molecule has 0 saturated carbocycles. The number of rotatable bonds is 6. The van der Waals surface area contributed by atoms with Gasteiger partial charge in [0.2, 0.25) is 0 Å². The number of H-pyrrole nitrogens is 1. The third kappa shape index (κ3) is 5.99. The van der Waals surface area contributed by atoms with Crippen LogP contribution in [0.4, 0.5) is 5.69 Å². The predicted octanol–water partition coefficient (Wildman–Crippen LogP) is 3.11. The van der Waals surface area contributed by atoms with Gasteiger partial charge in [-0.2, -0.15) is 0 Å². The second-order valence-corrected chi connectivity index (χ2v) is 5.31. The topological polar surface area (TPSA) is 69.2 Å². The Morgan fingerprint density at radius 2 is 2.09 bits per heavy atom. The number of benzene rings is 1. The Bertz CT molecular complexity index is 565. The molecule has 22 heavy (non-hydrogen) atoms. The van der Waals surface area contributed by atoms with Crippen molar-refractivity contribution in [3.63, 3.8) is 0 Å². The first-order valence-corrected chi connectivity index (χ1v) is 7.47. The van der Waals surface area contributed by atoms with Crippen LogP contribution in [-0.4, -0.2) is 35.6 Å². The normalized spacial score (nSPS) is 9.77. The van der Waals surface area contributed by atoms with Crippen molar-refractivity contribution in [3.05, 3.63) is 47.5 Å². The summed E-state index contributed by atoms with van der Waals surface area (Å²) in [4.78, 5) is 18.4. The minimum atomic E-state index is -0.250. The molecule has 2 rings (SSSR count). The summed E-state index contributed by atoms with van der Waals surface area (Å²) in [5.74, 6) is 1.11. The van der Waals surface area contributed by atoms with Gasteiger partial charge in [-0.15, -0.1) is 0 Å². The monoisotopic (exact) mass is 303 g/mol. The number of unbranched alkanes of at least 4 members (excludes halogenated alkanes) is 1. The number of imidazole rings is 1. The molecule has 1 aromatic carbocycles. The lowest BCUT2D eigenvalue weighted by Crippen LogP contribution is -2.08. The summed E-state index contributed by atoms with van der Waals surface area (Å²) in [6.45, 7) is 1.95. The van der Waals surface area contributed by atoms with E-state index in [1.807, 2.05) is 6.20 Å². The van der Waals surface area contributed by atoms with Gasteiger partial charge in [0.05, 0.1) is 0 Å². The third-order valence-electron chi connectivity index (χ3n) is 3.27. The van der Waals surface area contributed by atoms with Gasteiger partial charge < -0.3 is 15.0 Å². The van der Waals surface area contributed by atoms with Gasteiger partial charge in [0.15, 0.2) is 0 Å². The Labute approximate surface area is 132 Å². The smallest absolute Gasteiger partial charge is 0.290 e. The number of hydrogen-bond acceptors (Lipinski definition) is 3. The van der Waals surface area contributed by atoms with E-state index >= 15 is 0 Å². The first-order chi connectivity index (χ1) is 10.6. The molecule has 0 aliphatic heterocycles. The van der Waals surface area contributed by atoms with Gasteiger partial charge in [-0.05, 0) is 24.1 Å². The second-order valence-electron chi connectivity index (χ2n) is 5.31. The predicted molar refractivity (Wildman–Crippen MR) is 89.5 cm³/mol. The van der Waals surface area contributed by atoms with Crippen molar-refractivity contribution in [2.45, 2.75) is 32.6 Å². The van der Waals surface area contributed by atoms with E-state index in [1.54, 1.807) is 0 Å². The standard InChI is InChI=1S/C16H23N3.CH2O2/c1-4-5-9-16-17-12-14(18-16)10-13-7-6-8-15(11-13)19(2)3;2-1-3/h6-8,11-12H,4-5,9-10H2,1-3H3,(H,17,18);1H,(H,2,3). The van der Waals surface area contributed by atoms with E-state index < -0.39 is 0 Å². The number of carbonyl (C=O) groups is 1. The van der Waals surface area contributed by atoms with Crippen LogP contribution >= 0.6 is 0 Å². The van der Waals surface area contributed by atoms with E-state index in [0.717, 1.165) is 18.7 Å². The average Bonchev–Trinajstić information content (AvgIpc) is 2.93. The van der Waals surface area contributed by atoms with Gasteiger partial charge in [0.25, 0.3) is 6.47 Å². The summed E-state index contributed by atoms with van der Waals surface area (Å²) < 4.78 is 0. The molecule has 0 unspecified atom stereocenters. The quantitative estimate of drug-likeness (QED) is 0.805. The molecule has 1 aromatic heterocycles. The minimum absolute atomic E-state index is 0.250. The Balaban J connectivity index is 0.000000745. The molecule has 0 amide bonds. The zero-order valence-electron chi connectivity index (χ0n) is 13.5. The largest absolute Gasteiger partial charge is 0.483 e. The minimum Gasteiger partial charge on any atom is -0.483 e. The molecule has 0 atom stereocenters. The summed E-state index contributed by atoms with van der Waals surface area (Å²) in [6.07, 6.45) is 6.34. The van der Waals surface area contributed by atoms with E-state index in [-0.39, 0.29) is 6.47 Å². The van der Waals surface area contributed by atoms with E-state index in [9.17, 15) is 0 Å². The van der Waals surface area contributed by atoms with Gasteiger partial charge in [-0.1, -0.05) is 25.5 Å². The highest BCUT2D eigenvalue weighted by atomic mass is 16.3. The van der Waals surface area contributed by atoms with Crippen molar-refractivity contribution in [2.75, 3.05) is 19.0 Å². The Morgan fingerprint density at radius 3 is 2.73 bits per heavy atom. The lowest BCUT2D eigenvalue weighted by molar-refractivity contribution is -0.122. The van der Waals surface area contributed by atoms with Crippen LogP contribution in [0.1, 0.15) is 36.8 Å². The van der Waals surface area contributed by atoms with Crippen LogP contribution in [0.2, 0.25) is 0 Å². The van der Waals surface area contributed by atoms with Crippen molar-refractivity contribution in [1.29, 1.82) is 0 Å². The fraction of sp³-hybridized carbons (Fsp3) is 0.412. The van der Waals surface area contributed by atoms with Gasteiger partial charge in [0, 0.05) is 44.5 Å². The number of carboxylic acid groups (broad SMARTS) is 1. The molecule has 0 fully saturated rings. The van der Waals surface area contributed by atoms with Crippen LogP contribution in [0.5, 0.6) is 0 Å². The first kappa shape index (κ1) is 17.8. The third-order valence-corrected chi connectivity index (χ3v) is 3.27. The highest BCUT2D eigenvalue weighted by molar-refractivity contribution is 5.47. The molecule has 5 heteroatoms. The maximum absolute atomic E-state index is 8.36. The molecule has 0 saturated heterocycles. The molecule has 1 heterocycles. The summed E-state index contributed by atoms with van der Waals surface area (Å²) >= 11 is 0. The number of aryl methyl sites for hydroxylation is 1. The van der Waals surface area contributed by atoms with Crippen LogP contribution in [0.3, 0.4) is 0 Å². The highest BCUT2D eigenvalue weighted by Crippen LogP contribution is 2.16. The van der Waals surface area contributed by atoms with Crippen molar-refractivity contribution in [2.24, 2.45) is 0 Å². The molecule has 2 aromatic rings. The second kappa shape index (κ2) is 9.60. The SMILES string of the molecule is CCCCc1ncc(Cc2cccc(N(C)C)c2)[nH]1.O=CO. The van der Waals surface area contributed by atoms with Crippen LogP contribution in [-0.2, 0) is 17.6 Å². The molecule has 120 valence electrons. The number of aromatic amines is 1. The molecule has 0 aliphatic rings. The summed E-state index contributed by atoms with van der Waals surface area (Å²) in [5, 5.41) is 6.89. The number of nitrogens with one attached hydrogen (secondary N) is 1. The molecule has 0 spiro atoms. The summed E-state index contributed by atoms with van der Waals surface area (Å²) in [5.41, 5.74) is 3.75. The van der Waals surface area contributed by atoms with Gasteiger partial charge in [-0.3, -0.25) is 4.79 Å². The molecule has 0 aliphatic carbocycles. The Morgan fingerprint density at radius 1 is 1.36 bits per heavy atom. The molecule has 0 bridgehead atoms. The summed E-state index contributed by atoms with van der Waals surface area (Å²) in [6, 6.07) is 8.63. The van der Waals surface area contributed by atoms with Gasteiger partial charge in [-0.25, -0.2) is 4.98 Å². The molecular formula is C17H25N3O2. The van der Waals surface area contributed by atoms with Crippen LogP contribution in [0.25, 0.3) is 0 Å². The average molecular weight is 303 g/mol. The van der Waals surface area contributed by atoms with Crippen molar-refractivity contribution >= 4 is 12.2 Å². The number of nitrogens with zero attached hydrogens (tertiary/aromatic N) is 2. The molecule has 0 radical (unpaired) electrons. The molecule has 5 nitrogen and oxygen atoms in total. The Kier molecular flexibility index (Phi) is 7.75. The first-order valence-electron chi connectivity index (χ1n) is 7.47. The van der Waals surface area contributed by atoms with E-state index in [4.69, 9.17) is 9.90 Å². The van der Waals surface area contributed by atoms with E-state index in [0.29, 0.717) is 0 Å². The van der Waals surface area contributed by atoms with Crippen LogP contribution in [0.15, 0.2) is 30.5 Å². The maximum Gasteiger partial charge on any atom is 0.290 e. The number of anilines is 1. The lowest BCUT2D eigenvalue weighted by Gasteiger charge is -2.13. The lowest BCUT2D eigenvalue weighted by atomic mass is 10.1. The fourth-order valence-electron chi connectivity index (χ4n) is 2.13. The Hall–Kier alpha value is -2.30. The van der Waals surface area contributed by atoms with Crippen molar-refractivity contribution in [1.82, 2.24) is 9.97 Å². The van der Waals surface area contributed by atoms with Gasteiger partial charge in [0.1, 0.15) is 5.82 Å². The zero-order chi connectivity index (χ0) is 16.4. The fourth-order valence-corrected chi connectivity index (χ4v) is 2.13.